The molecule has 0 radical (unpaired) electrons. The van der Waals surface area contributed by atoms with Crippen LogP contribution in [0.1, 0.15) is 32.1 Å². The van der Waals surface area contributed by atoms with Gasteiger partial charge in [-0.15, -0.1) is 0 Å². The third kappa shape index (κ3) is 4.16. The Labute approximate surface area is 108 Å². The summed E-state index contributed by atoms with van der Waals surface area (Å²) in [6.07, 6.45) is 8.62. The van der Waals surface area contributed by atoms with Crippen LogP contribution in [-0.2, 0) is 4.74 Å². The van der Waals surface area contributed by atoms with Gasteiger partial charge in [-0.2, -0.15) is 0 Å². The fraction of sp³-hybridized carbons (Fsp3) is 0.615. The molecule has 1 aliphatic carbocycles. The molecule has 0 spiro atoms. The van der Waals surface area contributed by atoms with Gasteiger partial charge in [0.15, 0.2) is 0 Å². The van der Waals surface area contributed by atoms with E-state index >= 15 is 0 Å². The van der Waals surface area contributed by atoms with E-state index in [9.17, 15) is 0 Å². The van der Waals surface area contributed by atoms with Gasteiger partial charge in [0, 0.05) is 24.5 Å². The van der Waals surface area contributed by atoms with E-state index in [0.29, 0.717) is 11.9 Å². The highest BCUT2D eigenvalue weighted by Gasteiger charge is 2.12. The molecular formula is C13H22N4O. The summed E-state index contributed by atoms with van der Waals surface area (Å²) in [6.45, 7) is 1.56. The summed E-state index contributed by atoms with van der Waals surface area (Å²) >= 11 is 0. The summed E-state index contributed by atoms with van der Waals surface area (Å²) < 4.78 is 5.84. The second-order valence-corrected chi connectivity index (χ2v) is 4.63. The average Bonchev–Trinajstić information content (AvgIpc) is 2.45. The maximum Gasteiger partial charge on any atom is 0.141 e. The Kier molecular flexibility index (Phi) is 5.23. The number of pyridine rings is 1. The monoisotopic (exact) mass is 250 g/mol. The molecule has 0 aliphatic heterocycles. The SMILES string of the molecule is NNc1cc(NCCOC2CCCCC2)ccn1. The van der Waals surface area contributed by atoms with Crippen molar-refractivity contribution < 1.29 is 4.74 Å². The lowest BCUT2D eigenvalue weighted by Gasteiger charge is -2.22. The molecule has 1 aliphatic rings. The predicted molar refractivity (Wildman–Crippen MR) is 73.4 cm³/mol. The topological polar surface area (TPSA) is 72.2 Å². The Morgan fingerprint density at radius 2 is 2.17 bits per heavy atom. The third-order valence-electron chi connectivity index (χ3n) is 3.24. The molecule has 1 heterocycles. The Balaban J connectivity index is 1.65. The minimum Gasteiger partial charge on any atom is -0.383 e. The second-order valence-electron chi connectivity index (χ2n) is 4.63. The van der Waals surface area contributed by atoms with Crippen LogP contribution in [0.25, 0.3) is 0 Å². The molecule has 1 aromatic rings. The first kappa shape index (κ1) is 13.1. The lowest BCUT2D eigenvalue weighted by Crippen LogP contribution is -2.20. The number of nitrogens with two attached hydrogens (primary N) is 1. The van der Waals surface area contributed by atoms with Crippen molar-refractivity contribution in [1.82, 2.24) is 4.98 Å². The van der Waals surface area contributed by atoms with Gasteiger partial charge in [-0.1, -0.05) is 19.3 Å². The van der Waals surface area contributed by atoms with Crippen molar-refractivity contribution in [2.75, 3.05) is 23.9 Å². The largest absolute Gasteiger partial charge is 0.383 e. The van der Waals surface area contributed by atoms with E-state index in [2.05, 4.69) is 15.7 Å². The molecule has 0 amide bonds. The van der Waals surface area contributed by atoms with Gasteiger partial charge in [-0.25, -0.2) is 10.8 Å². The molecule has 18 heavy (non-hydrogen) atoms. The van der Waals surface area contributed by atoms with Crippen LogP contribution in [0.4, 0.5) is 11.5 Å². The molecule has 1 aromatic heterocycles. The average molecular weight is 250 g/mol. The number of ether oxygens (including phenoxy) is 1. The van der Waals surface area contributed by atoms with Crippen LogP contribution in [-0.4, -0.2) is 24.2 Å². The molecule has 100 valence electrons. The Morgan fingerprint density at radius 3 is 2.94 bits per heavy atom. The molecule has 2 rings (SSSR count). The van der Waals surface area contributed by atoms with Crippen molar-refractivity contribution in [3.8, 4) is 0 Å². The summed E-state index contributed by atoms with van der Waals surface area (Å²) in [5.74, 6) is 5.97. The molecule has 5 heteroatoms. The predicted octanol–water partition coefficient (Wildman–Crippen LogP) is 2.13. The highest BCUT2D eigenvalue weighted by atomic mass is 16.5. The Morgan fingerprint density at radius 1 is 1.33 bits per heavy atom. The molecule has 5 nitrogen and oxygen atoms in total. The fourth-order valence-corrected chi connectivity index (χ4v) is 2.27. The number of nitrogens with one attached hydrogen (secondary N) is 2. The minimum absolute atomic E-state index is 0.472. The lowest BCUT2D eigenvalue weighted by atomic mass is 9.98. The molecule has 0 saturated heterocycles. The van der Waals surface area contributed by atoms with Gasteiger partial charge in [0.2, 0.25) is 0 Å². The first-order valence-corrected chi connectivity index (χ1v) is 6.66. The summed E-state index contributed by atoms with van der Waals surface area (Å²) in [4.78, 5) is 4.05. The maximum atomic E-state index is 5.84. The summed E-state index contributed by atoms with van der Waals surface area (Å²) in [7, 11) is 0. The van der Waals surface area contributed by atoms with Gasteiger partial charge in [0.05, 0.1) is 12.7 Å². The van der Waals surface area contributed by atoms with Crippen LogP contribution in [0.3, 0.4) is 0 Å². The van der Waals surface area contributed by atoms with Crippen molar-refractivity contribution in [1.29, 1.82) is 0 Å². The van der Waals surface area contributed by atoms with E-state index < -0.39 is 0 Å². The van der Waals surface area contributed by atoms with Gasteiger partial charge >= 0.3 is 0 Å². The van der Waals surface area contributed by atoms with E-state index in [4.69, 9.17) is 10.6 Å². The molecule has 0 aromatic carbocycles. The third-order valence-corrected chi connectivity index (χ3v) is 3.24. The van der Waals surface area contributed by atoms with Crippen LogP contribution in [0, 0.1) is 0 Å². The molecule has 0 atom stereocenters. The van der Waals surface area contributed by atoms with E-state index in [1.54, 1.807) is 6.20 Å². The zero-order valence-corrected chi connectivity index (χ0v) is 10.7. The highest BCUT2D eigenvalue weighted by molar-refractivity contribution is 5.51. The normalized spacial score (nSPS) is 16.5. The van der Waals surface area contributed by atoms with Crippen LogP contribution >= 0.6 is 0 Å². The molecular weight excluding hydrogens is 228 g/mol. The number of rotatable bonds is 6. The van der Waals surface area contributed by atoms with Crippen LogP contribution < -0.4 is 16.6 Å². The van der Waals surface area contributed by atoms with Crippen LogP contribution in [0.5, 0.6) is 0 Å². The molecule has 4 N–H and O–H groups in total. The lowest BCUT2D eigenvalue weighted by molar-refractivity contribution is 0.0347. The molecule has 0 unspecified atom stereocenters. The smallest absolute Gasteiger partial charge is 0.141 e. The van der Waals surface area contributed by atoms with Crippen LogP contribution in [0.2, 0.25) is 0 Å². The van der Waals surface area contributed by atoms with Gasteiger partial charge in [-0.05, 0) is 18.9 Å². The van der Waals surface area contributed by atoms with Gasteiger partial charge in [0.25, 0.3) is 0 Å². The van der Waals surface area contributed by atoms with Gasteiger partial charge < -0.3 is 15.5 Å². The number of nitrogen functional groups attached to an aromatic ring is 1. The minimum atomic E-state index is 0.472. The zero-order valence-electron chi connectivity index (χ0n) is 10.7. The molecule has 1 fully saturated rings. The maximum absolute atomic E-state index is 5.84. The number of hydrogen-bond donors (Lipinski definition) is 3. The standard InChI is InChI=1S/C13H22N4O/c14-17-13-10-11(6-7-16-13)15-8-9-18-12-4-2-1-3-5-12/h6-7,10,12H,1-5,8-9,14H2,(H2,15,16,17). The van der Waals surface area contributed by atoms with Crippen molar-refractivity contribution >= 4 is 11.5 Å². The number of aromatic nitrogens is 1. The van der Waals surface area contributed by atoms with Crippen molar-refractivity contribution in [3.63, 3.8) is 0 Å². The van der Waals surface area contributed by atoms with Crippen LogP contribution in [0.15, 0.2) is 18.3 Å². The fourth-order valence-electron chi connectivity index (χ4n) is 2.27. The second kappa shape index (κ2) is 7.18. The Bertz CT molecular complexity index is 353. The first-order valence-electron chi connectivity index (χ1n) is 6.66. The quantitative estimate of drug-likeness (QED) is 0.410. The molecule has 0 bridgehead atoms. The van der Waals surface area contributed by atoms with Crippen molar-refractivity contribution in [2.45, 2.75) is 38.2 Å². The van der Waals surface area contributed by atoms with E-state index in [1.165, 1.54) is 32.1 Å². The van der Waals surface area contributed by atoms with E-state index in [1.807, 2.05) is 12.1 Å². The summed E-state index contributed by atoms with van der Waals surface area (Å²) in [6, 6.07) is 3.79. The van der Waals surface area contributed by atoms with Crippen molar-refractivity contribution in [2.24, 2.45) is 5.84 Å². The van der Waals surface area contributed by atoms with E-state index in [-0.39, 0.29) is 0 Å². The van der Waals surface area contributed by atoms with Gasteiger partial charge in [0.1, 0.15) is 5.82 Å². The summed E-state index contributed by atoms with van der Waals surface area (Å²) in [5, 5.41) is 3.30. The number of nitrogens with zero attached hydrogens (tertiary/aromatic N) is 1. The van der Waals surface area contributed by atoms with Crippen molar-refractivity contribution in [3.05, 3.63) is 18.3 Å². The number of hydrazine groups is 1. The zero-order chi connectivity index (χ0) is 12.6. The van der Waals surface area contributed by atoms with E-state index in [0.717, 1.165) is 18.8 Å². The summed E-state index contributed by atoms with van der Waals surface area (Å²) in [5.41, 5.74) is 3.53. The highest BCUT2D eigenvalue weighted by Crippen LogP contribution is 2.20. The molecule has 1 saturated carbocycles. The number of hydrogen-bond acceptors (Lipinski definition) is 5. The first-order chi connectivity index (χ1) is 8.88. The van der Waals surface area contributed by atoms with Gasteiger partial charge in [-0.3, -0.25) is 0 Å². The number of anilines is 2. The Hall–Kier alpha value is -1.33.